The Balaban J connectivity index is 0.000000143. The van der Waals surface area contributed by atoms with Crippen molar-refractivity contribution in [2.24, 2.45) is 10.8 Å². The van der Waals surface area contributed by atoms with Gasteiger partial charge in [-0.05, 0) is 176 Å². The van der Waals surface area contributed by atoms with E-state index in [0.717, 1.165) is 56.1 Å². The number of ether oxygens (including phenoxy) is 2. The summed E-state index contributed by atoms with van der Waals surface area (Å²) in [6.07, 6.45) is 21.2. The smallest absolute Gasteiger partial charge is 0.0134 e. The predicted molar refractivity (Wildman–Crippen MR) is 509 cm³/mol. The van der Waals surface area contributed by atoms with Crippen molar-refractivity contribution in [3.63, 3.8) is 0 Å². The van der Waals surface area contributed by atoms with Crippen molar-refractivity contribution in [1.29, 1.82) is 0 Å². The summed E-state index contributed by atoms with van der Waals surface area (Å²) < 4.78 is 78.7. The van der Waals surface area contributed by atoms with Crippen LogP contribution in [0, 0.1) is 10.8 Å². The molecule has 0 saturated carbocycles. The molecule has 0 spiro atoms. The number of nitrogens with zero attached hydrogens (tertiary/aromatic N) is 6. The quantitative estimate of drug-likeness (QED) is 0.0446. The number of benzene rings is 8. The van der Waals surface area contributed by atoms with Gasteiger partial charge in [0.05, 0.1) is 45.6 Å². The van der Waals surface area contributed by atoms with Gasteiger partial charge in [0.15, 0.2) is 11.3 Å². The van der Waals surface area contributed by atoms with Gasteiger partial charge >= 0.3 is 54.1 Å². The first-order valence-corrected chi connectivity index (χ1v) is 51.6. The van der Waals surface area contributed by atoms with Gasteiger partial charge in [0.2, 0.25) is 10.0 Å². The molecule has 0 radical (unpaired) electrons. The fraction of sp³-hybridized carbons (Fsp3) is 0.188. The SMILES string of the molecule is CC1(C)C=CC(B2OC(C)(C)C(C)(C)O2)=CC1.CCOC(=O)c1nc(-c2cn(S(=O)(=O)c3ccccc3)c3ncc(Br)cc23)cs1.CCOC(=O)c1nc(-c2cn(S(=O)(=O)c3ccccc3)c3ncc(C4=CCC(C)(C)C=C4)cc23)cs1.[Cl][Pd][Cl].c1ccc(P(c2ccccc2)c2ccccc2)cc1.c1ccc(P(c2ccccc2)c2ccccc2)cc1. The number of pyridine rings is 2. The molecule has 123 heavy (non-hydrogen) atoms. The third-order valence-corrected chi connectivity index (χ3v) is 30.6. The van der Waals surface area contributed by atoms with Gasteiger partial charge in [-0.2, -0.15) is 0 Å². The van der Waals surface area contributed by atoms with E-state index < -0.39 is 47.8 Å². The molecule has 1 aliphatic heterocycles. The summed E-state index contributed by atoms with van der Waals surface area (Å²) in [5, 5.41) is 13.5. The van der Waals surface area contributed by atoms with Crippen molar-refractivity contribution in [3.05, 3.63) is 352 Å². The van der Waals surface area contributed by atoms with Crippen LogP contribution in [0.5, 0.6) is 0 Å². The fourth-order valence-corrected chi connectivity index (χ4v) is 22.3. The van der Waals surface area contributed by atoms with E-state index in [0.29, 0.717) is 43.4 Å². The zero-order valence-electron chi connectivity index (χ0n) is 69.3. The zero-order chi connectivity index (χ0) is 87.5. The number of rotatable bonds is 18. The van der Waals surface area contributed by atoms with Crippen LogP contribution in [0.1, 0.15) is 107 Å². The summed E-state index contributed by atoms with van der Waals surface area (Å²) in [6, 6.07) is 84.7. The molecular weight excluding hydrogens is 1860 g/mol. The number of esters is 2. The number of thiazole rings is 2. The van der Waals surface area contributed by atoms with Crippen LogP contribution in [0.15, 0.2) is 347 Å². The Hall–Kier alpha value is -9.23. The number of hydrogen-bond acceptors (Lipinski definition) is 16. The third-order valence-electron chi connectivity index (χ3n) is 20.3. The Morgan fingerprint density at radius 3 is 1.14 bits per heavy atom. The zero-order valence-corrected chi connectivity index (χ0v) is 79.0. The van der Waals surface area contributed by atoms with Crippen LogP contribution in [0.25, 0.3) is 50.2 Å². The second-order valence-electron chi connectivity index (χ2n) is 30.7. The van der Waals surface area contributed by atoms with Gasteiger partial charge in [0.25, 0.3) is 20.0 Å². The first-order valence-electron chi connectivity index (χ1n) is 39.5. The molecule has 8 aromatic carbocycles. The first-order chi connectivity index (χ1) is 59.0. The normalized spacial score (nSPS) is 14.7. The third kappa shape index (κ3) is 23.3. The average molecular weight is 1950 g/mol. The van der Waals surface area contributed by atoms with Crippen molar-refractivity contribution in [3.8, 4) is 22.5 Å². The topological polar surface area (TPSA) is 201 Å². The van der Waals surface area contributed by atoms with Crippen LogP contribution in [0.3, 0.4) is 0 Å². The summed E-state index contributed by atoms with van der Waals surface area (Å²) in [7, 11) is 0.745. The maximum Gasteiger partial charge on any atom is -0.0134 e. The molecule has 0 N–H and O–H groups in total. The van der Waals surface area contributed by atoms with Crippen LogP contribution in [0.2, 0.25) is 0 Å². The molecule has 3 aliphatic rings. The maximum absolute atomic E-state index is 13.6. The van der Waals surface area contributed by atoms with Gasteiger partial charge < -0.3 is 18.8 Å². The number of carbonyl (C=O) groups is 2. The molecule has 634 valence electrons. The van der Waals surface area contributed by atoms with Gasteiger partial charge in [-0.15, -0.1) is 22.7 Å². The summed E-state index contributed by atoms with van der Waals surface area (Å²) in [5.74, 6) is -1.02. The van der Waals surface area contributed by atoms with Gasteiger partial charge in [-0.3, -0.25) is 0 Å². The van der Waals surface area contributed by atoms with E-state index >= 15 is 0 Å². The van der Waals surface area contributed by atoms with Gasteiger partial charge in [-0.1, -0.05) is 283 Å². The summed E-state index contributed by atoms with van der Waals surface area (Å²) in [4.78, 5) is 42.2. The first kappa shape index (κ1) is 92.9. The fourth-order valence-electron chi connectivity index (χ4n) is 13.2. The van der Waals surface area contributed by atoms with Crippen molar-refractivity contribution >= 4 is 172 Å². The number of allylic oxidation sites excluding steroid dienone is 8. The molecule has 27 heteroatoms. The monoisotopic (exact) mass is 1940 g/mol. The Kier molecular flexibility index (Phi) is 31.9. The van der Waals surface area contributed by atoms with E-state index in [1.54, 1.807) is 85.4 Å². The Morgan fingerprint density at radius 1 is 0.488 bits per heavy atom. The van der Waals surface area contributed by atoms with E-state index in [2.05, 4.69) is 310 Å². The Morgan fingerprint density at radius 2 is 0.813 bits per heavy atom. The Bertz CT molecular complexity index is 5980. The number of fused-ring (bicyclic) bond motifs is 2. The molecule has 0 bridgehead atoms. The number of aromatic nitrogens is 6. The van der Waals surface area contributed by atoms with Crippen LogP contribution in [0.4, 0.5) is 0 Å². The number of hydrogen-bond donors (Lipinski definition) is 0. The molecule has 0 unspecified atom stereocenters. The second-order valence-corrected chi connectivity index (χ2v) is 43.7. The van der Waals surface area contributed by atoms with Gasteiger partial charge in [-0.25, -0.2) is 54.3 Å². The summed E-state index contributed by atoms with van der Waals surface area (Å²) in [5.41, 5.74) is 5.57. The molecule has 0 amide bonds. The van der Waals surface area contributed by atoms with Crippen LogP contribution in [-0.4, -0.2) is 88.2 Å². The van der Waals surface area contributed by atoms with Gasteiger partial charge in [0, 0.05) is 67.5 Å². The van der Waals surface area contributed by atoms with E-state index in [1.807, 2.05) is 6.07 Å². The van der Waals surface area contributed by atoms with E-state index in [9.17, 15) is 26.4 Å². The van der Waals surface area contributed by atoms with Crippen LogP contribution >= 0.6 is 73.5 Å². The molecule has 17 rings (SSSR count). The van der Waals surface area contributed by atoms with E-state index in [4.69, 9.17) is 37.8 Å². The average Bonchev–Trinajstić information content (AvgIpc) is 1.60. The summed E-state index contributed by atoms with van der Waals surface area (Å²) in [6.45, 7) is 21.1. The van der Waals surface area contributed by atoms with E-state index in [-0.39, 0.29) is 83.8 Å². The van der Waals surface area contributed by atoms with Crippen molar-refractivity contribution < 1.29 is 61.1 Å². The predicted octanol–water partition coefficient (Wildman–Crippen LogP) is 22.1. The maximum atomic E-state index is 13.6. The molecule has 7 heterocycles. The molecule has 1 fully saturated rings. The molecule has 2 aliphatic carbocycles. The molecular formula is C96H92BBrCl2N6O10P2PdS4. The minimum absolute atomic E-state index is 0.0867. The largest absolute Gasteiger partial charge is 0.0622 e. The number of carbonyl (C=O) groups excluding carboxylic acids is 2. The second kappa shape index (κ2) is 42.2. The van der Waals surface area contributed by atoms with E-state index in [1.165, 1.54) is 66.5 Å². The molecule has 0 atom stereocenters. The minimum atomic E-state index is -3.91. The molecule has 14 aromatic rings. The van der Waals surface area contributed by atoms with Crippen molar-refractivity contribution in [2.75, 3.05) is 13.2 Å². The standard InChI is InChI=1S/C27H25N3O4S2.C19H14BrN3O4S2.2C18H15P.C14H23BO2.2ClH.Pd/c1-4-34-26(31)25-29-23(17-35-25)22-16-30(36(32,33)20-8-6-5-7-9-20)24-21(22)14-19(15-28-24)18-10-12-27(2,3)13-11-18;1-2-27-19(24)18-22-16(11-28-18)15-10-23(17-14(15)8-12(20)9-21-17)29(25,26)13-6-4-3-5-7-13;2*1-4-10-16(11-5-1)19(17-12-6-2-7-13-17)18-14-8-3-9-15-18;1-12(2)9-7-11(8-10-12)15-16-13(3,4)14(5,6)17-15;;;/h5-12,14-17H,4,13H2,1-3H3;3-11H,2H2,1H3;2*1-15H;7-9H,10H2,1-6H3;2*1H;/q;;;;;;;+2/p-2. The Labute approximate surface area is 756 Å². The molecule has 1 saturated heterocycles. The van der Waals surface area contributed by atoms with Gasteiger partial charge in [0.1, 0.15) is 0 Å². The van der Waals surface area contributed by atoms with Crippen molar-refractivity contribution in [1.82, 2.24) is 27.9 Å². The van der Waals surface area contributed by atoms with Crippen molar-refractivity contribution in [2.45, 2.75) is 103 Å². The summed E-state index contributed by atoms with van der Waals surface area (Å²) >= 11 is 5.57. The minimum Gasteiger partial charge on any atom is -0.0622 e. The van der Waals surface area contributed by atoms with Crippen LogP contribution < -0.4 is 31.8 Å². The molecule has 6 aromatic heterocycles. The molecule has 16 nitrogen and oxygen atoms in total. The van der Waals surface area contributed by atoms with Crippen LogP contribution in [-0.2, 0) is 54.8 Å². The number of halogens is 3.